The number of aliphatic hydroxyl groups is 1. The average Bonchev–Trinajstić information content (AvgIpc) is 3.56. The van der Waals surface area contributed by atoms with Crippen molar-refractivity contribution in [3.8, 4) is 0 Å². The molecule has 1 saturated carbocycles. The van der Waals surface area contributed by atoms with Crippen LogP contribution in [0, 0.1) is 12.7 Å². The molecule has 0 atom stereocenters. The lowest BCUT2D eigenvalue weighted by Crippen LogP contribution is -2.36. The summed E-state index contributed by atoms with van der Waals surface area (Å²) in [6.45, 7) is 3.12. The van der Waals surface area contributed by atoms with Crippen LogP contribution in [0.1, 0.15) is 49.7 Å². The fourth-order valence-corrected chi connectivity index (χ4v) is 3.02. The summed E-state index contributed by atoms with van der Waals surface area (Å²) in [7, 11) is 1.00. The molecule has 1 heterocycles. The fraction of sp³-hybridized carbons (Fsp3) is 0.619. The van der Waals surface area contributed by atoms with Crippen molar-refractivity contribution in [2.24, 2.45) is 0 Å². The van der Waals surface area contributed by atoms with Gasteiger partial charge < -0.3 is 20.6 Å². The predicted molar refractivity (Wildman–Crippen MR) is 114 cm³/mol. The molecule has 0 spiro atoms. The minimum Gasteiger partial charge on any atom is -0.400 e. The van der Waals surface area contributed by atoms with Crippen LogP contribution in [0.5, 0.6) is 0 Å². The van der Waals surface area contributed by atoms with Crippen LogP contribution >= 0.6 is 11.6 Å². The molecular formula is C21H32ClF2N3O3. The van der Waals surface area contributed by atoms with Gasteiger partial charge in [0.15, 0.2) is 0 Å². The topological polar surface area (TPSA) is 81.7 Å². The van der Waals surface area contributed by atoms with Crippen LogP contribution in [0.15, 0.2) is 12.1 Å². The van der Waals surface area contributed by atoms with Crippen LogP contribution in [-0.2, 0) is 11.3 Å². The Hall–Kier alpha value is -1.93. The Labute approximate surface area is 182 Å². The third-order valence-corrected chi connectivity index (χ3v) is 5.10. The Bertz CT molecular complexity index is 682. The molecule has 1 aromatic carbocycles. The fourth-order valence-electron chi connectivity index (χ4n) is 2.87. The summed E-state index contributed by atoms with van der Waals surface area (Å²) in [5, 5.41) is 12.8. The highest BCUT2D eigenvalue weighted by atomic mass is 35.5. The first-order valence-electron chi connectivity index (χ1n) is 10.2. The van der Waals surface area contributed by atoms with Gasteiger partial charge in [-0.3, -0.25) is 9.18 Å². The maximum atomic E-state index is 13.5. The Morgan fingerprint density at radius 1 is 1.20 bits per heavy atom. The van der Waals surface area contributed by atoms with Gasteiger partial charge in [-0.05, 0) is 56.7 Å². The van der Waals surface area contributed by atoms with Crippen molar-refractivity contribution >= 4 is 23.5 Å². The second-order valence-electron chi connectivity index (χ2n) is 7.17. The number of amides is 3. The third kappa shape index (κ3) is 9.71. The predicted octanol–water partition coefficient (Wildman–Crippen LogP) is 3.72. The zero-order valence-corrected chi connectivity index (χ0v) is 18.4. The number of benzene rings is 1. The number of carbonyl (C=O) groups is 2. The molecule has 30 heavy (non-hydrogen) atoms. The van der Waals surface area contributed by atoms with Crippen molar-refractivity contribution < 1.29 is 23.5 Å². The number of piperidine rings is 1. The first-order valence-corrected chi connectivity index (χ1v) is 10.6. The number of nitrogens with zero attached hydrogens (tertiary/aromatic N) is 1. The summed E-state index contributed by atoms with van der Waals surface area (Å²) < 4.78 is 25.3. The molecule has 3 amide bonds. The molecule has 1 saturated heterocycles. The van der Waals surface area contributed by atoms with E-state index in [4.69, 9.17) is 16.7 Å². The van der Waals surface area contributed by atoms with E-state index < -0.39 is 12.5 Å². The van der Waals surface area contributed by atoms with Crippen LogP contribution in [0.4, 0.5) is 13.6 Å². The first kappa shape index (κ1) is 26.1. The van der Waals surface area contributed by atoms with Gasteiger partial charge in [0.1, 0.15) is 5.82 Å². The lowest BCUT2D eigenvalue weighted by Gasteiger charge is -2.26. The zero-order chi connectivity index (χ0) is 22.5. The molecule has 1 aliphatic heterocycles. The smallest absolute Gasteiger partial charge is 0.315 e. The number of aryl methyl sites for hydroxylation is 1. The number of alkyl halides is 1. The molecule has 2 fully saturated rings. The van der Waals surface area contributed by atoms with Crippen molar-refractivity contribution in [1.29, 1.82) is 0 Å². The van der Waals surface area contributed by atoms with E-state index in [1.165, 1.54) is 12.5 Å². The molecule has 0 aromatic heterocycles. The van der Waals surface area contributed by atoms with E-state index in [1.54, 1.807) is 17.9 Å². The summed E-state index contributed by atoms with van der Waals surface area (Å²) in [5.74, 6) is -0.417. The molecule has 1 aromatic rings. The maximum absolute atomic E-state index is 13.5. The summed E-state index contributed by atoms with van der Waals surface area (Å²) in [6.07, 6.45) is 5.50. The van der Waals surface area contributed by atoms with Crippen LogP contribution < -0.4 is 10.6 Å². The molecule has 2 aliphatic rings. The van der Waals surface area contributed by atoms with Gasteiger partial charge in [0.25, 0.3) is 0 Å². The van der Waals surface area contributed by atoms with Crippen LogP contribution in [0.25, 0.3) is 0 Å². The zero-order valence-electron chi connectivity index (χ0n) is 17.6. The van der Waals surface area contributed by atoms with Gasteiger partial charge in [-0.2, -0.15) is 0 Å². The SMILES string of the molecule is CO.Cc1cc(CNC(=O)NC2CC2)c(F)cc1Cl.O=C(CCF)N1CCCCC1. The third-order valence-electron chi connectivity index (χ3n) is 4.70. The molecule has 0 bridgehead atoms. The van der Waals surface area contributed by atoms with Crippen molar-refractivity contribution in [2.45, 2.75) is 58.0 Å². The van der Waals surface area contributed by atoms with E-state index in [-0.39, 0.29) is 24.9 Å². The number of halogens is 3. The van der Waals surface area contributed by atoms with E-state index in [1.807, 2.05) is 0 Å². The highest BCUT2D eigenvalue weighted by Crippen LogP contribution is 2.20. The van der Waals surface area contributed by atoms with Gasteiger partial charge >= 0.3 is 6.03 Å². The Kier molecular flexibility index (Phi) is 12.3. The largest absolute Gasteiger partial charge is 0.400 e. The summed E-state index contributed by atoms with van der Waals surface area (Å²) in [6, 6.07) is 2.97. The highest BCUT2D eigenvalue weighted by Gasteiger charge is 2.23. The Morgan fingerprint density at radius 3 is 2.40 bits per heavy atom. The number of carbonyl (C=O) groups excluding carboxylic acids is 2. The van der Waals surface area contributed by atoms with Crippen molar-refractivity contribution in [3.63, 3.8) is 0 Å². The monoisotopic (exact) mass is 447 g/mol. The molecule has 170 valence electrons. The van der Waals surface area contributed by atoms with E-state index in [9.17, 15) is 18.4 Å². The molecule has 3 rings (SSSR count). The van der Waals surface area contributed by atoms with Gasteiger partial charge in [-0.25, -0.2) is 9.18 Å². The van der Waals surface area contributed by atoms with E-state index >= 15 is 0 Å². The van der Waals surface area contributed by atoms with Gasteiger partial charge in [-0.1, -0.05) is 11.6 Å². The number of nitrogens with one attached hydrogen (secondary N) is 2. The highest BCUT2D eigenvalue weighted by molar-refractivity contribution is 6.31. The van der Waals surface area contributed by atoms with Crippen molar-refractivity contribution in [3.05, 3.63) is 34.1 Å². The first-order chi connectivity index (χ1) is 14.4. The average molecular weight is 448 g/mol. The molecule has 6 nitrogen and oxygen atoms in total. The van der Waals surface area contributed by atoms with Gasteiger partial charge in [-0.15, -0.1) is 0 Å². The van der Waals surface area contributed by atoms with E-state index in [2.05, 4.69) is 10.6 Å². The Balaban J connectivity index is 0.000000300. The van der Waals surface area contributed by atoms with Gasteiger partial charge in [0.2, 0.25) is 5.91 Å². The van der Waals surface area contributed by atoms with Crippen LogP contribution in [0.3, 0.4) is 0 Å². The van der Waals surface area contributed by atoms with E-state index in [0.717, 1.165) is 51.4 Å². The van der Waals surface area contributed by atoms with Gasteiger partial charge in [0, 0.05) is 43.4 Å². The van der Waals surface area contributed by atoms with Gasteiger partial charge in [0.05, 0.1) is 13.1 Å². The maximum Gasteiger partial charge on any atom is 0.315 e. The second-order valence-corrected chi connectivity index (χ2v) is 7.58. The van der Waals surface area contributed by atoms with Crippen LogP contribution in [-0.4, -0.2) is 54.9 Å². The Morgan fingerprint density at radius 2 is 1.83 bits per heavy atom. The quantitative estimate of drug-likeness (QED) is 0.643. The number of likely N-dealkylation sites (tertiary alicyclic amines) is 1. The number of hydrogen-bond acceptors (Lipinski definition) is 3. The van der Waals surface area contributed by atoms with E-state index in [0.29, 0.717) is 16.6 Å². The summed E-state index contributed by atoms with van der Waals surface area (Å²) >= 11 is 5.79. The van der Waals surface area contributed by atoms with Crippen molar-refractivity contribution in [1.82, 2.24) is 15.5 Å². The lowest BCUT2D eigenvalue weighted by atomic mass is 10.1. The summed E-state index contributed by atoms with van der Waals surface area (Å²) in [4.78, 5) is 24.2. The number of hydrogen-bond donors (Lipinski definition) is 3. The standard InChI is InChI=1S/C12H14ClFN2O.C8H14FNO.CH4O/c1-7-4-8(11(14)5-10(7)13)6-15-12(17)16-9-2-3-9;9-5-4-8(11)10-6-2-1-3-7-10;1-2/h4-5,9H,2-3,6H2,1H3,(H2,15,16,17);1-7H2;2H,1H3. The molecule has 1 aliphatic carbocycles. The number of rotatable bonds is 5. The normalized spacial score (nSPS) is 15.2. The molecular weight excluding hydrogens is 416 g/mol. The minimum absolute atomic E-state index is 0.0211. The number of aliphatic hydroxyl groups excluding tert-OH is 1. The summed E-state index contributed by atoms with van der Waals surface area (Å²) in [5.41, 5.74) is 1.24. The second kappa shape index (κ2) is 14.1. The molecule has 3 N–H and O–H groups in total. The number of urea groups is 1. The lowest BCUT2D eigenvalue weighted by molar-refractivity contribution is -0.132. The van der Waals surface area contributed by atoms with Crippen LogP contribution in [0.2, 0.25) is 5.02 Å². The molecule has 0 radical (unpaired) electrons. The van der Waals surface area contributed by atoms with Crippen molar-refractivity contribution in [2.75, 3.05) is 26.9 Å². The minimum atomic E-state index is -0.519. The molecule has 0 unspecified atom stereocenters. The molecule has 9 heteroatoms.